The zero-order valence-electron chi connectivity index (χ0n) is 14.8. The molecule has 0 atom stereocenters. The van der Waals surface area contributed by atoms with Crippen molar-refractivity contribution in [2.45, 2.75) is 19.6 Å². The predicted octanol–water partition coefficient (Wildman–Crippen LogP) is 3.22. The van der Waals surface area contributed by atoms with Crippen LogP contribution in [0.2, 0.25) is 0 Å². The van der Waals surface area contributed by atoms with Gasteiger partial charge in [-0.05, 0) is 17.7 Å². The van der Waals surface area contributed by atoms with Crippen LogP contribution < -0.4 is 5.32 Å². The van der Waals surface area contributed by atoms with Crippen LogP contribution in [0.25, 0.3) is 5.82 Å². The van der Waals surface area contributed by atoms with E-state index in [9.17, 15) is 0 Å². The smallest absolute Gasteiger partial charge is 0.157 e. The van der Waals surface area contributed by atoms with Crippen molar-refractivity contribution in [3.05, 3.63) is 96.2 Å². The first-order valence-corrected chi connectivity index (χ1v) is 8.58. The highest BCUT2D eigenvalue weighted by Gasteiger charge is 2.06. The molecule has 0 spiro atoms. The van der Waals surface area contributed by atoms with Gasteiger partial charge in [-0.2, -0.15) is 10.2 Å². The molecule has 0 saturated carbocycles. The quantitative estimate of drug-likeness (QED) is 0.534. The molecule has 0 aliphatic rings. The van der Waals surface area contributed by atoms with E-state index in [2.05, 4.69) is 44.9 Å². The molecule has 6 nitrogen and oxygen atoms in total. The van der Waals surface area contributed by atoms with E-state index < -0.39 is 0 Å². The molecule has 1 aromatic carbocycles. The molecule has 1 N–H and O–H groups in total. The lowest BCUT2D eigenvalue weighted by atomic mass is 10.2. The SMILES string of the molecule is Cl.c1ccc(Cn2cc(CNCc3cccnc3-n3cccn3)cn2)cc1. The maximum atomic E-state index is 4.45. The van der Waals surface area contributed by atoms with Crippen LogP contribution >= 0.6 is 12.4 Å². The summed E-state index contributed by atoms with van der Waals surface area (Å²) in [7, 11) is 0. The van der Waals surface area contributed by atoms with Gasteiger partial charge in [-0.25, -0.2) is 9.67 Å². The Morgan fingerprint density at radius 2 is 1.74 bits per heavy atom. The highest BCUT2D eigenvalue weighted by atomic mass is 35.5. The molecule has 3 heterocycles. The monoisotopic (exact) mass is 380 g/mol. The van der Waals surface area contributed by atoms with Gasteiger partial charge in [-0.15, -0.1) is 12.4 Å². The molecule has 0 bridgehead atoms. The minimum Gasteiger partial charge on any atom is -0.308 e. The van der Waals surface area contributed by atoms with Crippen LogP contribution in [0, 0.1) is 0 Å². The third-order valence-electron chi connectivity index (χ3n) is 4.11. The van der Waals surface area contributed by atoms with Crippen molar-refractivity contribution < 1.29 is 0 Å². The van der Waals surface area contributed by atoms with Crippen LogP contribution in [-0.2, 0) is 19.6 Å². The van der Waals surface area contributed by atoms with Crippen molar-refractivity contribution >= 4 is 12.4 Å². The van der Waals surface area contributed by atoms with E-state index in [1.54, 1.807) is 17.1 Å². The van der Waals surface area contributed by atoms with Crippen LogP contribution in [0.15, 0.2) is 79.5 Å². The van der Waals surface area contributed by atoms with Gasteiger partial charge in [0.05, 0.1) is 12.7 Å². The second-order valence-corrected chi connectivity index (χ2v) is 6.07. The van der Waals surface area contributed by atoms with Gasteiger partial charge in [0.15, 0.2) is 5.82 Å². The van der Waals surface area contributed by atoms with Gasteiger partial charge < -0.3 is 5.32 Å². The third-order valence-corrected chi connectivity index (χ3v) is 4.11. The average molecular weight is 381 g/mol. The first kappa shape index (κ1) is 18.8. The maximum absolute atomic E-state index is 4.45. The number of aromatic nitrogens is 5. The number of hydrogen-bond acceptors (Lipinski definition) is 4. The zero-order chi connectivity index (χ0) is 17.6. The summed E-state index contributed by atoms with van der Waals surface area (Å²) in [5.74, 6) is 0.852. The highest BCUT2D eigenvalue weighted by Crippen LogP contribution is 2.10. The molecule has 27 heavy (non-hydrogen) atoms. The molecule has 3 aromatic heterocycles. The average Bonchev–Trinajstić information content (AvgIpc) is 3.35. The number of benzene rings is 1. The fourth-order valence-corrected chi connectivity index (χ4v) is 2.86. The molecule has 7 heteroatoms. The van der Waals surface area contributed by atoms with Gasteiger partial charge >= 0.3 is 0 Å². The minimum absolute atomic E-state index is 0. The summed E-state index contributed by atoms with van der Waals surface area (Å²) in [6.45, 7) is 2.25. The Bertz CT molecular complexity index is 950. The molecule has 0 amide bonds. The Morgan fingerprint density at radius 1 is 0.852 bits per heavy atom. The van der Waals surface area contributed by atoms with E-state index in [-0.39, 0.29) is 12.4 Å². The molecule has 138 valence electrons. The summed E-state index contributed by atoms with van der Waals surface area (Å²) < 4.78 is 3.75. The molecule has 0 radical (unpaired) electrons. The van der Waals surface area contributed by atoms with E-state index in [1.807, 2.05) is 47.4 Å². The third kappa shape index (κ3) is 4.81. The van der Waals surface area contributed by atoms with Crippen LogP contribution in [0.3, 0.4) is 0 Å². The van der Waals surface area contributed by atoms with E-state index in [0.29, 0.717) is 6.54 Å². The number of nitrogens with one attached hydrogen (secondary N) is 1. The topological polar surface area (TPSA) is 60.6 Å². The number of nitrogens with zero attached hydrogens (tertiary/aromatic N) is 5. The van der Waals surface area contributed by atoms with Crippen molar-refractivity contribution in [1.29, 1.82) is 0 Å². The number of rotatable bonds is 7. The van der Waals surface area contributed by atoms with Gasteiger partial charge in [-0.1, -0.05) is 36.4 Å². The number of hydrogen-bond donors (Lipinski definition) is 1. The first-order valence-electron chi connectivity index (χ1n) is 8.58. The molecular weight excluding hydrogens is 360 g/mol. The summed E-state index contributed by atoms with van der Waals surface area (Å²) in [5.41, 5.74) is 3.51. The molecule has 0 unspecified atom stereocenters. The molecule has 4 rings (SSSR count). The van der Waals surface area contributed by atoms with E-state index in [1.165, 1.54) is 5.56 Å². The van der Waals surface area contributed by atoms with E-state index >= 15 is 0 Å². The van der Waals surface area contributed by atoms with Gasteiger partial charge in [0.1, 0.15) is 0 Å². The molecule has 0 saturated heterocycles. The largest absolute Gasteiger partial charge is 0.308 e. The Kier molecular flexibility index (Phi) is 6.35. The minimum atomic E-state index is 0. The Labute approximate surface area is 164 Å². The second kappa shape index (κ2) is 9.12. The van der Waals surface area contributed by atoms with Gasteiger partial charge in [0.25, 0.3) is 0 Å². The zero-order valence-corrected chi connectivity index (χ0v) is 15.6. The standard InChI is InChI=1S/C20H20N6.ClH/c1-2-6-17(7-3-1)15-25-16-18(13-24-25)12-21-14-19-8-4-9-22-20(19)26-11-5-10-23-26;/h1-11,13,16,21H,12,14-15H2;1H. The summed E-state index contributed by atoms with van der Waals surface area (Å²) in [5, 5.41) is 12.2. The van der Waals surface area contributed by atoms with Gasteiger partial charge in [0.2, 0.25) is 0 Å². The lowest BCUT2D eigenvalue weighted by Gasteiger charge is -2.09. The maximum Gasteiger partial charge on any atom is 0.157 e. The second-order valence-electron chi connectivity index (χ2n) is 6.07. The Morgan fingerprint density at radius 3 is 2.56 bits per heavy atom. The van der Waals surface area contributed by atoms with Crippen LogP contribution in [0.1, 0.15) is 16.7 Å². The van der Waals surface area contributed by atoms with E-state index in [4.69, 9.17) is 0 Å². The number of pyridine rings is 1. The van der Waals surface area contributed by atoms with Gasteiger partial charge in [-0.3, -0.25) is 4.68 Å². The normalized spacial score (nSPS) is 10.5. The molecule has 0 fully saturated rings. The summed E-state index contributed by atoms with van der Waals surface area (Å²) >= 11 is 0. The fraction of sp³-hybridized carbons (Fsp3) is 0.150. The van der Waals surface area contributed by atoms with Crippen LogP contribution in [0.4, 0.5) is 0 Å². The van der Waals surface area contributed by atoms with Crippen LogP contribution in [-0.4, -0.2) is 24.5 Å². The predicted molar refractivity (Wildman–Crippen MR) is 107 cm³/mol. The van der Waals surface area contributed by atoms with Crippen molar-refractivity contribution in [3.8, 4) is 5.82 Å². The molecule has 0 aliphatic carbocycles. The number of halogens is 1. The molecular formula is C20H21ClN6. The van der Waals surface area contributed by atoms with Crippen molar-refractivity contribution in [3.63, 3.8) is 0 Å². The Balaban J connectivity index is 0.00000210. The fourth-order valence-electron chi connectivity index (χ4n) is 2.86. The van der Waals surface area contributed by atoms with Crippen molar-refractivity contribution in [2.24, 2.45) is 0 Å². The Hall–Kier alpha value is -2.96. The summed E-state index contributed by atoms with van der Waals surface area (Å²) in [6.07, 6.45) is 9.44. The molecule has 4 aromatic rings. The first-order chi connectivity index (χ1) is 12.9. The van der Waals surface area contributed by atoms with Crippen molar-refractivity contribution in [2.75, 3.05) is 0 Å². The molecule has 0 aliphatic heterocycles. The van der Waals surface area contributed by atoms with Gasteiger partial charge in [0, 0.05) is 49.0 Å². The lowest BCUT2D eigenvalue weighted by Crippen LogP contribution is -2.15. The summed E-state index contributed by atoms with van der Waals surface area (Å²) in [4.78, 5) is 4.44. The van der Waals surface area contributed by atoms with E-state index in [0.717, 1.165) is 30.0 Å². The lowest BCUT2D eigenvalue weighted by molar-refractivity contribution is 0.672. The highest BCUT2D eigenvalue weighted by molar-refractivity contribution is 5.85. The van der Waals surface area contributed by atoms with Crippen LogP contribution in [0.5, 0.6) is 0 Å². The van der Waals surface area contributed by atoms with Crippen molar-refractivity contribution in [1.82, 2.24) is 29.9 Å². The summed E-state index contributed by atoms with van der Waals surface area (Å²) in [6, 6.07) is 16.2.